The number of rotatable bonds is 4. The zero-order chi connectivity index (χ0) is 21.5. The summed E-state index contributed by atoms with van der Waals surface area (Å²) < 4.78 is 14.8. The highest BCUT2D eigenvalue weighted by Gasteiger charge is 2.52. The van der Waals surface area contributed by atoms with E-state index in [-0.39, 0.29) is 12.2 Å². The van der Waals surface area contributed by atoms with E-state index in [0.29, 0.717) is 29.8 Å². The number of nitrogens with one attached hydrogen (secondary N) is 2. The van der Waals surface area contributed by atoms with E-state index in [0.717, 1.165) is 30.0 Å². The highest BCUT2D eigenvalue weighted by molar-refractivity contribution is 6.08. The number of hydrogen-bond donors (Lipinski definition) is 2. The Morgan fingerprint density at radius 2 is 1.83 bits per heavy atom. The van der Waals surface area contributed by atoms with Gasteiger partial charge in [-0.05, 0) is 51.0 Å². The van der Waals surface area contributed by atoms with Crippen molar-refractivity contribution in [2.75, 3.05) is 0 Å². The van der Waals surface area contributed by atoms with Gasteiger partial charge in [0.2, 0.25) is 5.91 Å². The summed E-state index contributed by atoms with van der Waals surface area (Å²) in [6.07, 6.45) is 3.92. The van der Waals surface area contributed by atoms with Crippen LogP contribution in [0.15, 0.2) is 24.3 Å². The van der Waals surface area contributed by atoms with E-state index >= 15 is 0 Å². The summed E-state index contributed by atoms with van der Waals surface area (Å²) in [6, 6.07) is 5.31. The highest BCUT2D eigenvalue weighted by atomic mass is 19.1. The minimum absolute atomic E-state index is 0.0388. The van der Waals surface area contributed by atoms with E-state index in [9.17, 15) is 18.8 Å². The fraction of sp³-hybridized carbons (Fsp3) is 0.429. The fourth-order valence-electron chi connectivity index (χ4n) is 4.31. The Labute approximate surface area is 173 Å². The number of imide groups is 1. The maximum Gasteiger partial charge on any atom is 0.344 e. The van der Waals surface area contributed by atoms with Crippen molar-refractivity contribution in [1.29, 1.82) is 0 Å². The molecule has 1 aliphatic heterocycles. The van der Waals surface area contributed by atoms with E-state index in [1.807, 2.05) is 6.92 Å². The molecule has 1 saturated heterocycles. The van der Waals surface area contributed by atoms with Crippen molar-refractivity contribution in [1.82, 2.24) is 25.5 Å². The van der Waals surface area contributed by atoms with Crippen molar-refractivity contribution in [2.24, 2.45) is 0 Å². The standard InChI is InChI=1S/C21H24FN5O3/c1-13-17(14(2)26(24-13)16-8-6-15(22)7-9-16)12-18(28)25-27-19(29)21(23-20(27)30)10-4-3-5-11-21/h6-9H,3-5,10-12H2,1-2H3,(H,23,30)(H,25,28). The van der Waals surface area contributed by atoms with Gasteiger partial charge >= 0.3 is 6.03 Å². The molecular formula is C21H24FN5O3. The van der Waals surface area contributed by atoms with Crippen LogP contribution in [0.2, 0.25) is 0 Å². The van der Waals surface area contributed by atoms with Gasteiger partial charge in [0.15, 0.2) is 0 Å². The molecule has 0 unspecified atom stereocenters. The molecule has 2 fully saturated rings. The zero-order valence-corrected chi connectivity index (χ0v) is 17.0. The van der Waals surface area contributed by atoms with E-state index in [1.165, 1.54) is 12.1 Å². The van der Waals surface area contributed by atoms with Gasteiger partial charge in [-0.2, -0.15) is 10.1 Å². The number of halogens is 1. The Morgan fingerprint density at radius 3 is 2.50 bits per heavy atom. The Hall–Kier alpha value is -3.23. The first-order valence-electron chi connectivity index (χ1n) is 10.1. The molecule has 0 bridgehead atoms. The van der Waals surface area contributed by atoms with Gasteiger partial charge in [-0.1, -0.05) is 19.3 Å². The Kier molecular flexibility index (Phi) is 5.05. The lowest BCUT2D eigenvalue weighted by atomic mass is 9.82. The molecule has 2 heterocycles. The van der Waals surface area contributed by atoms with Gasteiger partial charge in [0.1, 0.15) is 11.4 Å². The predicted octanol–water partition coefficient (Wildman–Crippen LogP) is 2.46. The summed E-state index contributed by atoms with van der Waals surface area (Å²) in [7, 11) is 0. The zero-order valence-electron chi connectivity index (χ0n) is 17.0. The lowest BCUT2D eigenvalue weighted by Gasteiger charge is -2.30. The average molecular weight is 413 g/mol. The van der Waals surface area contributed by atoms with Crippen molar-refractivity contribution in [3.8, 4) is 5.69 Å². The molecule has 2 aliphatic rings. The van der Waals surface area contributed by atoms with Crippen LogP contribution in [0.5, 0.6) is 0 Å². The van der Waals surface area contributed by atoms with Gasteiger partial charge in [0, 0.05) is 11.3 Å². The maximum absolute atomic E-state index is 13.2. The number of carbonyl (C=O) groups excluding carboxylic acids is 3. The highest BCUT2D eigenvalue weighted by Crippen LogP contribution is 2.33. The summed E-state index contributed by atoms with van der Waals surface area (Å²) in [5.74, 6) is -1.21. The van der Waals surface area contributed by atoms with Crippen LogP contribution in [0, 0.1) is 19.7 Å². The second-order valence-electron chi connectivity index (χ2n) is 7.96. The molecule has 9 heteroatoms. The number of nitrogens with zero attached hydrogens (tertiary/aromatic N) is 3. The number of benzene rings is 1. The largest absolute Gasteiger partial charge is 0.344 e. The molecule has 0 atom stereocenters. The van der Waals surface area contributed by atoms with Gasteiger partial charge < -0.3 is 5.32 Å². The molecule has 8 nitrogen and oxygen atoms in total. The molecular weight excluding hydrogens is 389 g/mol. The molecule has 0 radical (unpaired) electrons. The van der Waals surface area contributed by atoms with Crippen molar-refractivity contribution >= 4 is 17.8 Å². The van der Waals surface area contributed by atoms with Gasteiger partial charge in [0.25, 0.3) is 5.91 Å². The molecule has 2 N–H and O–H groups in total. The third-order valence-corrected chi connectivity index (χ3v) is 5.96. The molecule has 2 aromatic rings. The van der Waals surface area contributed by atoms with Crippen molar-refractivity contribution < 1.29 is 18.8 Å². The normalized spacial score (nSPS) is 18.0. The van der Waals surface area contributed by atoms with Crippen LogP contribution in [-0.4, -0.2) is 38.2 Å². The van der Waals surface area contributed by atoms with Crippen LogP contribution < -0.4 is 10.7 Å². The van der Waals surface area contributed by atoms with Gasteiger partial charge in [0.05, 0.1) is 17.8 Å². The number of urea groups is 1. The summed E-state index contributed by atoms with van der Waals surface area (Å²) in [4.78, 5) is 37.8. The topological polar surface area (TPSA) is 96.3 Å². The number of aryl methyl sites for hydroxylation is 1. The second-order valence-corrected chi connectivity index (χ2v) is 7.96. The number of hydrogen-bond acceptors (Lipinski definition) is 4. The first-order valence-corrected chi connectivity index (χ1v) is 10.1. The fourth-order valence-corrected chi connectivity index (χ4v) is 4.31. The quantitative estimate of drug-likeness (QED) is 0.753. The monoisotopic (exact) mass is 413 g/mol. The molecule has 1 aliphatic carbocycles. The minimum Gasteiger partial charge on any atom is -0.322 e. The Balaban J connectivity index is 1.49. The lowest BCUT2D eigenvalue weighted by molar-refractivity contribution is -0.139. The molecule has 4 rings (SSSR count). The summed E-state index contributed by atoms with van der Waals surface area (Å²) >= 11 is 0. The third-order valence-electron chi connectivity index (χ3n) is 5.96. The SMILES string of the molecule is Cc1nn(-c2ccc(F)cc2)c(C)c1CC(=O)NN1C(=O)NC2(CCCCC2)C1=O. The molecule has 4 amide bonds. The molecule has 30 heavy (non-hydrogen) atoms. The summed E-state index contributed by atoms with van der Waals surface area (Å²) in [6.45, 7) is 3.59. The van der Waals surface area contributed by atoms with Crippen LogP contribution in [-0.2, 0) is 16.0 Å². The summed E-state index contributed by atoms with van der Waals surface area (Å²) in [5, 5.41) is 8.02. The number of aromatic nitrogens is 2. The first-order chi connectivity index (χ1) is 14.3. The molecule has 158 valence electrons. The lowest BCUT2D eigenvalue weighted by Crippen LogP contribution is -2.51. The smallest absolute Gasteiger partial charge is 0.322 e. The molecule has 1 saturated carbocycles. The van der Waals surface area contributed by atoms with Crippen molar-refractivity contribution in [3.05, 3.63) is 47.0 Å². The minimum atomic E-state index is -0.887. The van der Waals surface area contributed by atoms with E-state index in [4.69, 9.17) is 0 Å². The van der Waals surface area contributed by atoms with Crippen LogP contribution in [0.25, 0.3) is 5.69 Å². The first kappa shape index (κ1) is 20.1. The maximum atomic E-state index is 13.2. The molecule has 1 spiro atoms. The van der Waals surface area contributed by atoms with E-state index in [1.54, 1.807) is 23.7 Å². The van der Waals surface area contributed by atoms with Crippen LogP contribution in [0.1, 0.15) is 49.1 Å². The van der Waals surface area contributed by atoms with Crippen LogP contribution >= 0.6 is 0 Å². The van der Waals surface area contributed by atoms with Crippen LogP contribution in [0.3, 0.4) is 0 Å². The van der Waals surface area contributed by atoms with E-state index < -0.39 is 23.4 Å². The second kappa shape index (κ2) is 7.55. The molecule has 1 aromatic carbocycles. The van der Waals surface area contributed by atoms with Gasteiger partial charge in [-0.3, -0.25) is 15.0 Å². The van der Waals surface area contributed by atoms with Crippen molar-refractivity contribution in [3.63, 3.8) is 0 Å². The Bertz CT molecular complexity index is 1010. The number of hydrazine groups is 1. The number of amides is 4. The van der Waals surface area contributed by atoms with Crippen LogP contribution in [0.4, 0.5) is 9.18 Å². The average Bonchev–Trinajstić information content (AvgIpc) is 3.12. The summed E-state index contributed by atoms with van der Waals surface area (Å²) in [5.41, 5.74) is 4.32. The predicted molar refractivity (Wildman–Crippen MR) is 106 cm³/mol. The molecule has 1 aromatic heterocycles. The Morgan fingerprint density at radius 1 is 1.17 bits per heavy atom. The number of carbonyl (C=O) groups is 3. The van der Waals surface area contributed by atoms with E-state index in [2.05, 4.69) is 15.8 Å². The van der Waals surface area contributed by atoms with Gasteiger partial charge in [-0.15, -0.1) is 0 Å². The van der Waals surface area contributed by atoms with Crippen molar-refractivity contribution in [2.45, 2.75) is 57.9 Å². The van der Waals surface area contributed by atoms with Gasteiger partial charge in [-0.25, -0.2) is 13.9 Å². The third kappa shape index (κ3) is 3.44.